The minimum absolute atomic E-state index is 0.0977. The summed E-state index contributed by atoms with van der Waals surface area (Å²) >= 11 is 3.72. The van der Waals surface area contributed by atoms with Crippen LogP contribution in [-0.4, -0.2) is 23.5 Å². The van der Waals surface area contributed by atoms with Crippen molar-refractivity contribution in [3.63, 3.8) is 0 Å². The van der Waals surface area contributed by atoms with Crippen molar-refractivity contribution in [2.75, 3.05) is 6.54 Å². The quantitative estimate of drug-likeness (QED) is 0.735. The third-order valence-electron chi connectivity index (χ3n) is 3.89. The molecule has 0 aromatic carbocycles. The van der Waals surface area contributed by atoms with Crippen molar-refractivity contribution in [3.8, 4) is 0 Å². The number of carboxylic acid groups (broad SMARTS) is 1. The van der Waals surface area contributed by atoms with Crippen molar-refractivity contribution in [3.05, 3.63) is 19.9 Å². The summed E-state index contributed by atoms with van der Waals surface area (Å²) in [6.45, 7) is 0.463. The number of amides is 1. The molecule has 2 rings (SSSR count). The Balaban J connectivity index is 1.97. The largest absolute Gasteiger partial charge is 0.481 e. The van der Waals surface area contributed by atoms with Crippen molar-refractivity contribution in [2.45, 2.75) is 38.5 Å². The molecule has 0 bridgehead atoms. The first-order chi connectivity index (χ1) is 9.51. The zero-order chi connectivity index (χ0) is 14.6. The molecule has 2 N–H and O–H groups in total. The predicted molar refractivity (Wildman–Crippen MR) is 87.1 cm³/mol. The van der Waals surface area contributed by atoms with Crippen LogP contribution in [0.2, 0.25) is 0 Å². The Kier molecular flexibility index (Phi) is 5.42. The average Bonchev–Trinajstić information content (AvgIpc) is 2.83. The summed E-state index contributed by atoms with van der Waals surface area (Å²) in [6.07, 6.45) is 5.20. The molecule has 0 aliphatic heterocycles. The molecule has 1 aliphatic rings. The maximum absolute atomic E-state index is 12.1. The van der Waals surface area contributed by atoms with Crippen LogP contribution in [0.4, 0.5) is 0 Å². The first-order valence-corrected chi connectivity index (χ1v) is 8.71. The van der Waals surface area contributed by atoms with Crippen molar-refractivity contribution >= 4 is 45.8 Å². The van der Waals surface area contributed by atoms with Crippen LogP contribution in [0, 0.1) is 8.30 Å². The first-order valence-electron chi connectivity index (χ1n) is 6.75. The Morgan fingerprint density at radius 1 is 1.35 bits per heavy atom. The molecule has 1 aromatic heterocycles. The molecule has 6 heteroatoms. The number of halogens is 1. The molecule has 1 fully saturated rings. The highest BCUT2D eigenvalue weighted by atomic mass is 127. The lowest BCUT2D eigenvalue weighted by molar-refractivity contribution is -0.140. The van der Waals surface area contributed by atoms with E-state index in [1.165, 1.54) is 11.3 Å². The molecule has 1 aromatic rings. The molecule has 0 saturated heterocycles. The van der Waals surface area contributed by atoms with Gasteiger partial charge in [-0.25, -0.2) is 0 Å². The van der Waals surface area contributed by atoms with E-state index < -0.39 is 5.97 Å². The van der Waals surface area contributed by atoms with E-state index in [2.05, 4.69) is 27.9 Å². The summed E-state index contributed by atoms with van der Waals surface area (Å²) in [7, 11) is 0. The third-order valence-corrected chi connectivity index (χ3v) is 5.68. The second-order valence-corrected chi connectivity index (χ2v) is 8.26. The molecule has 1 amide bonds. The third kappa shape index (κ3) is 4.18. The molecule has 110 valence electrons. The van der Waals surface area contributed by atoms with Crippen molar-refractivity contribution in [1.29, 1.82) is 0 Å². The molecule has 0 atom stereocenters. The molecule has 20 heavy (non-hydrogen) atoms. The number of hydrogen-bond acceptors (Lipinski definition) is 3. The van der Waals surface area contributed by atoms with Crippen LogP contribution < -0.4 is 5.32 Å². The number of nitrogens with one attached hydrogen (secondary N) is 1. The number of aliphatic carboxylic acids is 1. The number of carbonyl (C=O) groups excluding carboxylic acids is 1. The van der Waals surface area contributed by atoms with Gasteiger partial charge >= 0.3 is 5.97 Å². The van der Waals surface area contributed by atoms with Crippen LogP contribution in [-0.2, 0) is 4.79 Å². The Morgan fingerprint density at radius 3 is 2.60 bits per heavy atom. The van der Waals surface area contributed by atoms with Gasteiger partial charge in [-0.2, -0.15) is 0 Å². The highest BCUT2D eigenvalue weighted by molar-refractivity contribution is 14.1. The molecule has 0 radical (unpaired) electrons. The van der Waals surface area contributed by atoms with Crippen LogP contribution in [0.5, 0.6) is 0 Å². The maximum Gasteiger partial charge on any atom is 0.303 e. The fourth-order valence-corrected chi connectivity index (χ4v) is 4.16. The monoisotopic (exact) mass is 407 g/mol. The van der Waals surface area contributed by atoms with Gasteiger partial charge in [0.05, 0.1) is 14.9 Å². The van der Waals surface area contributed by atoms with Crippen LogP contribution in [0.15, 0.2) is 11.4 Å². The van der Waals surface area contributed by atoms with Gasteiger partial charge < -0.3 is 10.4 Å². The summed E-state index contributed by atoms with van der Waals surface area (Å²) in [5, 5.41) is 13.9. The SMILES string of the molecule is O=C(O)CC1(CNC(=O)c2csc(I)c2)CCCCC1. The number of rotatable bonds is 5. The minimum atomic E-state index is -0.772. The number of thiophene rings is 1. The van der Waals surface area contributed by atoms with Crippen molar-refractivity contribution in [2.24, 2.45) is 5.41 Å². The fourth-order valence-electron chi connectivity index (χ4n) is 2.84. The van der Waals surface area contributed by atoms with E-state index in [4.69, 9.17) is 5.11 Å². The molecular weight excluding hydrogens is 389 g/mol. The van der Waals surface area contributed by atoms with E-state index in [0.29, 0.717) is 12.1 Å². The second-order valence-electron chi connectivity index (χ2n) is 5.45. The van der Waals surface area contributed by atoms with Gasteiger partial charge in [-0.05, 0) is 46.9 Å². The van der Waals surface area contributed by atoms with E-state index in [1.54, 1.807) is 0 Å². The van der Waals surface area contributed by atoms with Gasteiger partial charge in [0.15, 0.2) is 0 Å². The standard InChI is InChI=1S/C14H18INO3S/c15-11-6-10(8-20-11)13(19)16-9-14(7-12(17)18)4-2-1-3-5-14/h6,8H,1-5,7,9H2,(H,16,19)(H,17,18). The first kappa shape index (κ1) is 15.8. The maximum atomic E-state index is 12.1. The molecule has 0 spiro atoms. The molecule has 4 nitrogen and oxygen atoms in total. The Labute approximate surface area is 136 Å². The topological polar surface area (TPSA) is 66.4 Å². The van der Waals surface area contributed by atoms with Gasteiger partial charge in [-0.3, -0.25) is 9.59 Å². The molecule has 1 aliphatic carbocycles. The molecular formula is C14H18INO3S. The van der Waals surface area contributed by atoms with E-state index in [1.807, 2.05) is 11.4 Å². The Hall–Kier alpha value is -0.630. The number of carboxylic acids is 1. The van der Waals surface area contributed by atoms with E-state index in [0.717, 1.165) is 35.0 Å². The normalized spacial score (nSPS) is 17.6. The highest BCUT2D eigenvalue weighted by Crippen LogP contribution is 2.38. The van der Waals surface area contributed by atoms with Crippen LogP contribution >= 0.6 is 33.9 Å². The fraction of sp³-hybridized carbons (Fsp3) is 0.571. The summed E-state index contributed by atoms with van der Waals surface area (Å²) in [6, 6.07) is 1.85. The van der Waals surface area contributed by atoms with Crippen LogP contribution in [0.1, 0.15) is 48.9 Å². The predicted octanol–water partition coefficient (Wildman–Crippen LogP) is 3.51. The van der Waals surface area contributed by atoms with Crippen molar-refractivity contribution < 1.29 is 14.7 Å². The lowest BCUT2D eigenvalue weighted by Gasteiger charge is -2.36. The lowest BCUT2D eigenvalue weighted by Crippen LogP contribution is -2.40. The van der Waals surface area contributed by atoms with E-state index in [9.17, 15) is 9.59 Å². The van der Waals surface area contributed by atoms with E-state index >= 15 is 0 Å². The van der Waals surface area contributed by atoms with Crippen LogP contribution in [0.25, 0.3) is 0 Å². The Bertz CT molecular complexity index is 494. The molecule has 0 unspecified atom stereocenters. The zero-order valence-electron chi connectivity index (χ0n) is 11.2. The lowest BCUT2D eigenvalue weighted by atomic mass is 9.71. The second kappa shape index (κ2) is 6.89. The van der Waals surface area contributed by atoms with Gasteiger partial charge in [0.2, 0.25) is 0 Å². The smallest absolute Gasteiger partial charge is 0.303 e. The van der Waals surface area contributed by atoms with E-state index in [-0.39, 0.29) is 17.7 Å². The Morgan fingerprint density at radius 2 is 2.05 bits per heavy atom. The van der Waals surface area contributed by atoms with Gasteiger partial charge in [-0.1, -0.05) is 19.3 Å². The highest BCUT2D eigenvalue weighted by Gasteiger charge is 2.34. The van der Waals surface area contributed by atoms with Gasteiger partial charge in [0, 0.05) is 11.9 Å². The summed E-state index contributed by atoms with van der Waals surface area (Å²) < 4.78 is 1.07. The van der Waals surface area contributed by atoms with Crippen molar-refractivity contribution in [1.82, 2.24) is 5.32 Å². The molecule has 1 saturated carbocycles. The van der Waals surface area contributed by atoms with Crippen LogP contribution in [0.3, 0.4) is 0 Å². The average molecular weight is 407 g/mol. The van der Waals surface area contributed by atoms with Gasteiger partial charge in [-0.15, -0.1) is 11.3 Å². The van der Waals surface area contributed by atoms with Gasteiger partial charge in [0.1, 0.15) is 0 Å². The summed E-state index contributed by atoms with van der Waals surface area (Å²) in [4.78, 5) is 23.2. The molecule has 1 heterocycles. The number of hydrogen-bond donors (Lipinski definition) is 2. The summed E-state index contributed by atoms with van der Waals surface area (Å²) in [5.41, 5.74) is 0.406. The van der Waals surface area contributed by atoms with Gasteiger partial charge in [0.25, 0.3) is 5.91 Å². The summed E-state index contributed by atoms with van der Waals surface area (Å²) in [5.74, 6) is -0.870. The minimum Gasteiger partial charge on any atom is -0.481 e. The number of carbonyl (C=O) groups is 2. The zero-order valence-corrected chi connectivity index (χ0v) is 14.1.